The van der Waals surface area contributed by atoms with E-state index in [1.165, 1.54) is 0 Å². The monoisotopic (exact) mass is 219 g/mol. The Morgan fingerprint density at radius 2 is 2.31 bits per heavy atom. The summed E-state index contributed by atoms with van der Waals surface area (Å²) in [6, 6.07) is 7.64. The van der Waals surface area contributed by atoms with Crippen molar-refractivity contribution in [3.8, 4) is 0 Å². The Bertz CT molecular complexity index is 392. The number of nitrogens with zero attached hydrogens (tertiary/aromatic N) is 1. The maximum absolute atomic E-state index is 11.2. The number of hydrogen-bond donors (Lipinski definition) is 2. The standard InChI is InChI=1S/C12H17N3O/c13-10-4-1-3-9(7-10)8-15-6-2-5-11(15)12(14)16/h1,3-4,7,11H,2,5-6,8,13H2,(H2,14,16)/t11-/m0/s1. The van der Waals surface area contributed by atoms with Gasteiger partial charge in [0.25, 0.3) is 0 Å². The molecule has 0 bridgehead atoms. The molecule has 1 aliphatic heterocycles. The Balaban J connectivity index is 2.06. The van der Waals surface area contributed by atoms with Crippen LogP contribution in [0.4, 0.5) is 5.69 Å². The molecular weight excluding hydrogens is 202 g/mol. The molecule has 1 amide bonds. The third-order valence-electron chi connectivity index (χ3n) is 3.03. The van der Waals surface area contributed by atoms with Gasteiger partial charge in [0.2, 0.25) is 5.91 Å². The van der Waals surface area contributed by atoms with Crippen LogP contribution in [0.2, 0.25) is 0 Å². The molecule has 0 saturated carbocycles. The predicted octanol–water partition coefficient (Wildman–Crippen LogP) is 0.718. The Morgan fingerprint density at radius 3 is 3.00 bits per heavy atom. The third-order valence-corrected chi connectivity index (χ3v) is 3.03. The molecule has 1 fully saturated rings. The van der Waals surface area contributed by atoms with Gasteiger partial charge >= 0.3 is 0 Å². The first-order valence-corrected chi connectivity index (χ1v) is 5.54. The van der Waals surface area contributed by atoms with Crippen molar-refractivity contribution in [3.63, 3.8) is 0 Å². The molecule has 1 aromatic rings. The van der Waals surface area contributed by atoms with E-state index in [0.717, 1.165) is 37.2 Å². The van der Waals surface area contributed by atoms with Gasteiger partial charge in [-0.05, 0) is 37.1 Å². The average Bonchev–Trinajstić information content (AvgIpc) is 2.66. The first kappa shape index (κ1) is 11.0. The quantitative estimate of drug-likeness (QED) is 0.736. The number of nitrogens with two attached hydrogens (primary N) is 2. The highest BCUT2D eigenvalue weighted by Gasteiger charge is 2.28. The molecule has 0 aromatic heterocycles. The zero-order valence-corrected chi connectivity index (χ0v) is 9.23. The lowest BCUT2D eigenvalue weighted by atomic mass is 10.1. The molecule has 0 aliphatic carbocycles. The van der Waals surface area contributed by atoms with Crippen LogP contribution >= 0.6 is 0 Å². The van der Waals surface area contributed by atoms with Crippen LogP contribution in [-0.2, 0) is 11.3 Å². The van der Waals surface area contributed by atoms with Gasteiger partial charge in [-0.15, -0.1) is 0 Å². The van der Waals surface area contributed by atoms with Gasteiger partial charge in [-0.2, -0.15) is 0 Å². The van der Waals surface area contributed by atoms with Crippen LogP contribution in [-0.4, -0.2) is 23.4 Å². The number of anilines is 1. The summed E-state index contributed by atoms with van der Waals surface area (Å²) >= 11 is 0. The van der Waals surface area contributed by atoms with Crippen molar-refractivity contribution in [1.82, 2.24) is 4.90 Å². The van der Waals surface area contributed by atoms with Crippen molar-refractivity contribution in [2.75, 3.05) is 12.3 Å². The summed E-state index contributed by atoms with van der Waals surface area (Å²) < 4.78 is 0. The molecule has 0 unspecified atom stereocenters. The molecule has 4 heteroatoms. The minimum atomic E-state index is -0.221. The van der Waals surface area contributed by atoms with Gasteiger partial charge in [0.15, 0.2) is 0 Å². The van der Waals surface area contributed by atoms with Crippen molar-refractivity contribution in [2.45, 2.75) is 25.4 Å². The topological polar surface area (TPSA) is 72.4 Å². The van der Waals surface area contributed by atoms with Gasteiger partial charge in [-0.3, -0.25) is 9.69 Å². The van der Waals surface area contributed by atoms with Gasteiger partial charge in [0.1, 0.15) is 0 Å². The zero-order valence-electron chi connectivity index (χ0n) is 9.23. The maximum atomic E-state index is 11.2. The van der Waals surface area contributed by atoms with Crippen molar-refractivity contribution in [1.29, 1.82) is 0 Å². The molecule has 0 spiro atoms. The van der Waals surface area contributed by atoms with E-state index in [0.29, 0.717) is 0 Å². The van der Waals surface area contributed by atoms with Gasteiger partial charge in [0, 0.05) is 12.2 Å². The van der Waals surface area contributed by atoms with Crippen LogP contribution in [0.1, 0.15) is 18.4 Å². The lowest BCUT2D eigenvalue weighted by Crippen LogP contribution is -2.39. The minimum absolute atomic E-state index is 0.110. The summed E-state index contributed by atoms with van der Waals surface area (Å²) in [5.74, 6) is -0.221. The summed E-state index contributed by atoms with van der Waals surface area (Å²) in [5.41, 5.74) is 13.0. The number of carbonyl (C=O) groups is 1. The number of carbonyl (C=O) groups excluding carboxylic acids is 1. The van der Waals surface area contributed by atoms with Crippen LogP contribution in [0.5, 0.6) is 0 Å². The number of primary amides is 1. The molecule has 0 radical (unpaired) electrons. The normalized spacial score (nSPS) is 21.1. The van der Waals surface area contributed by atoms with Crippen LogP contribution in [0.25, 0.3) is 0 Å². The van der Waals surface area contributed by atoms with Crippen molar-refractivity contribution < 1.29 is 4.79 Å². The Hall–Kier alpha value is -1.55. The van der Waals surface area contributed by atoms with E-state index in [1.807, 2.05) is 24.3 Å². The van der Waals surface area contributed by atoms with Gasteiger partial charge in [-0.1, -0.05) is 12.1 Å². The molecule has 1 aliphatic rings. The fraction of sp³-hybridized carbons (Fsp3) is 0.417. The van der Waals surface area contributed by atoms with Crippen molar-refractivity contribution in [3.05, 3.63) is 29.8 Å². The van der Waals surface area contributed by atoms with Gasteiger partial charge in [-0.25, -0.2) is 0 Å². The molecule has 4 N–H and O–H groups in total. The van der Waals surface area contributed by atoms with E-state index in [1.54, 1.807) is 0 Å². The van der Waals surface area contributed by atoms with Crippen LogP contribution in [0.15, 0.2) is 24.3 Å². The molecule has 4 nitrogen and oxygen atoms in total. The fourth-order valence-electron chi connectivity index (χ4n) is 2.26. The number of amides is 1. The SMILES string of the molecule is NC(=O)[C@@H]1CCCN1Cc1cccc(N)c1. The summed E-state index contributed by atoms with van der Waals surface area (Å²) in [6.07, 6.45) is 1.91. The van der Waals surface area contributed by atoms with Crippen molar-refractivity contribution in [2.24, 2.45) is 5.73 Å². The van der Waals surface area contributed by atoms with Gasteiger partial charge < -0.3 is 11.5 Å². The van der Waals surface area contributed by atoms with E-state index in [2.05, 4.69) is 4.90 Å². The van der Waals surface area contributed by atoms with Crippen LogP contribution in [0.3, 0.4) is 0 Å². The lowest BCUT2D eigenvalue weighted by molar-refractivity contribution is -0.122. The highest BCUT2D eigenvalue weighted by molar-refractivity contribution is 5.80. The summed E-state index contributed by atoms with van der Waals surface area (Å²) in [4.78, 5) is 13.3. The second-order valence-corrected chi connectivity index (χ2v) is 4.28. The number of hydrogen-bond acceptors (Lipinski definition) is 3. The van der Waals surface area contributed by atoms with Crippen LogP contribution < -0.4 is 11.5 Å². The largest absolute Gasteiger partial charge is 0.399 e. The number of rotatable bonds is 3. The van der Waals surface area contributed by atoms with E-state index in [9.17, 15) is 4.79 Å². The Morgan fingerprint density at radius 1 is 1.50 bits per heavy atom. The van der Waals surface area contributed by atoms with E-state index < -0.39 is 0 Å². The smallest absolute Gasteiger partial charge is 0.234 e. The Labute approximate surface area is 95.2 Å². The lowest BCUT2D eigenvalue weighted by Gasteiger charge is -2.21. The van der Waals surface area contributed by atoms with E-state index >= 15 is 0 Å². The number of likely N-dealkylation sites (tertiary alicyclic amines) is 1. The number of benzene rings is 1. The molecule has 1 atom stereocenters. The summed E-state index contributed by atoms with van der Waals surface area (Å²) in [7, 11) is 0. The fourth-order valence-corrected chi connectivity index (χ4v) is 2.26. The first-order valence-electron chi connectivity index (χ1n) is 5.54. The molecule has 2 rings (SSSR count). The number of nitrogen functional groups attached to an aromatic ring is 1. The molecule has 1 aromatic carbocycles. The molecule has 16 heavy (non-hydrogen) atoms. The Kier molecular flexibility index (Phi) is 3.10. The van der Waals surface area contributed by atoms with E-state index in [-0.39, 0.29) is 11.9 Å². The van der Waals surface area contributed by atoms with Crippen LogP contribution in [0, 0.1) is 0 Å². The molecule has 1 heterocycles. The molecule has 86 valence electrons. The zero-order chi connectivity index (χ0) is 11.5. The van der Waals surface area contributed by atoms with Crippen molar-refractivity contribution >= 4 is 11.6 Å². The average molecular weight is 219 g/mol. The predicted molar refractivity (Wildman–Crippen MR) is 63.5 cm³/mol. The molecule has 1 saturated heterocycles. The van der Waals surface area contributed by atoms with E-state index in [4.69, 9.17) is 11.5 Å². The molecular formula is C12H17N3O. The maximum Gasteiger partial charge on any atom is 0.234 e. The first-order chi connectivity index (χ1) is 7.66. The third kappa shape index (κ3) is 2.33. The highest BCUT2D eigenvalue weighted by Crippen LogP contribution is 2.20. The summed E-state index contributed by atoms with van der Waals surface area (Å²) in [5, 5.41) is 0. The second-order valence-electron chi connectivity index (χ2n) is 4.28. The minimum Gasteiger partial charge on any atom is -0.399 e. The summed E-state index contributed by atoms with van der Waals surface area (Å²) in [6.45, 7) is 1.68. The second kappa shape index (κ2) is 4.53. The van der Waals surface area contributed by atoms with Gasteiger partial charge in [0.05, 0.1) is 6.04 Å². The highest BCUT2D eigenvalue weighted by atomic mass is 16.1.